The fraction of sp³-hybridized carbons (Fsp3) is 0.786. The van der Waals surface area contributed by atoms with Crippen molar-refractivity contribution in [3.05, 3.63) is 24.8 Å². The van der Waals surface area contributed by atoms with Gasteiger partial charge in [-0.15, -0.1) is 6.58 Å². The summed E-state index contributed by atoms with van der Waals surface area (Å²) in [4.78, 5) is 22.1. The van der Waals surface area contributed by atoms with Crippen molar-refractivity contribution in [2.75, 3.05) is 13.2 Å². The van der Waals surface area contributed by atoms with Crippen LogP contribution in [0.1, 0.15) is 130 Å². The van der Waals surface area contributed by atoms with Crippen LogP contribution in [0.15, 0.2) is 24.8 Å². The first kappa shape index (κ1) is 32.6. The highest BCUT2D eigenvalue weighted by atomic mass is 16.5. The molecule has 0 heterocycles. The summed E-state index contributed by atoms with van der Waals surface area (Å²) in [5, 5.41) is 0. The molecule has 0 aromatic carbocycles. The van der Waals surface area contributed by atoms with E-state index in [0.717, 1.165) is 37.8 Å². The Morgan fingerprint density at radius 2 is 0.906 bits per heavy atom. The van der Waals surface area contributed by atoms with Crippen LogP contribution in [0.4, 0.5) is 0 Å². The van der Waals surface area contributed by atoms with Gasteiger partial charge < -0.3 is 9.47 Å². The number of carbonyl (C=O) groups is 2. The first-order valence-electron chi connectivity index (χ1n) is 13.2. The molecule has 0 aliphatic carbocycles. The lowest BCUT2D eigenvalue weighted by molar-refractivity contribution is -0.140. The van der Waals surface area contributed by atoms with E-state index in [2.05, 4.69) is 13.5 Å². The SMILES string of the molecule is C=CCCCCCCCCCCCCCC.CCCCOC(=O)/C=C\C(=O)OCCCC. The van der Waals surface area contributed by atoms with Gasteiger partial charge in [-0.05, 0) is 25.7 Å². The lowest BCUT2D eigenvalue weighted by atomic mass is 10.0. The molecule has 0 aliphatic heterocycles. The lowest BCUT2D eigenvalue weighted by Gasteiger charge is -2.02. The van der Waals surface area contributed by atoms with Gasteiger partial charge in [-0.25, -0.2) is 9.59 Å². The number of hydrogen-bond donors (Lipinski definition) is 0. The molecule has 0 radical (unpaired) electrons. The van der Waals surface area contributed by atoms with E-state index in [1.807, 2.05) is 19.9 Å². The fourth-order valence-corrected chi connectivity index (χ4v) is 3.00. The third-order valence-corrected chi connectivity index (χ3v) is 5.10. The molecule has 4 heteroatoms. The van der Waals surface area contributed by atoms with Gasteiger partial charge in [0.15, 0.2) is 0 Å². The zero-order chi connectivity index (χ0) is 24.1. The van der Waals surface area contributed by atoms with Crippen molar-refractivity contribution in [2.45, 2.75) is 130 Å². The molecule has 0 N–H and O–H groups in total. The summed E-state index contributed by atoms with van der Waals surface area (Å²) in [6, 6.07) is 0. The Bertz CT molecular complexity index is 419. The summed E-state index contributed by atoms with van der Waals surface area (Å²) in [5.41, 5.74) is 0. The first-order chi connectivity index (χ1) is 15.6. The van der Waals surface area contributed by atoms with Crippen molar-refractivity contribution in [3.63, 3.8) is 0 Å². The van der Waals surface area contributed by atoms with Gasteiger partial charge in [0.05, 0.1) is 13.2 Å². The third kappa shape index (κ3) is 30.6. The summed E-state index contributed by atoms with van der Waals surface area (Å²) in [7, 11) is 0. The fourth-order valence-electron chi connectivity index (χ4n) is 3.00. The average Bonchev–Trinajstić information content (AvgIpc) is 2.79. The number of carbonyl (C=O) groups excluding carboxylic acids is 2. The molecule has 0 spiro atoms. The van der Waals surface area contributed by atoms with E-state index in [4.69, 9.17) is 9.47 Å². The Hall–Kier alpha value is -1.58. The van der Waals surface area contributed by atoms with Crippen molar-refractivity contribution in [1.82, 2.24) is 0 Å². The molecular weight excluding hydrogens is 400 g/mol. The lowest BCUT2D eigenvalue weighted by Crippen LogP contribution is -2.05. The Balaban J connectivity index is 0. The Labute approximate surface area is 199 Å². The molecule has 0 aromatic rings. The minimum Gasteiger partial charge on any atom is -0.463 e. The molecule has 0 unspecified atom stereocenters. The van der Waals surface area contributed by atoms with Crippen LogP contribution in [0.3, 0.4) is 0 Å². The smallest absolute Gasteiger partial charge is 0.331 e. The normalized spacial score (nSPS) is 10.5. The van der Waals surface area contributed by atoms with Gasteiger partial charge in [-0.1, -0.05) is 110 Å². The molecule has 0 fully saturated rings. The maximum Gasteiger partial charge on any atom is 0.331 e. The van der Waals surface area contributed by atoms with E-state index < -0.39 is 11.9 Å². The second-order valence-corrected chi connectivity index (χ2v) is 8.34. The van der Waals surface area contributed by atoms with Gasteiger partial charge in [0, 0.05) is 12.2 Å². The van der Waals surface area contributed by atoms with Crippen LogP contribution in [0.25, 0.3) is 0 Å². The molecule has 188 valence electrons. The largest absolute Gasteiger partial charge is 0.463 e. The predicted octanol–water partition coefficient (Wildman–Crippen LogP) is 8.49. The summed E-state index contributed by atoms with van der Waals surface area (Å²) in [6.07, 6.45) is 26.3. The number of unbranched alkanes of at least 4 members (excludes halogenated alkanes) is 14. The van der Waals surface area contributed by atoms with Crippen molar-refractivity contribution in [2.24, 2.45) is 0 Å². The Morgan fingerprint density at radius 3 is 1.25 bits per heavy atom. The molecule has 4 nitrogen and oxygen atoms in total. The number of hydrogen-bond acceptors (Lipinski definition) is 4. The Morgan fingerprint density at radius 1 is 0.562 bits per heavy atom. The van der Waals surface area contributed by atoms with E-state index in [0.29, 0.717) is 13.2 Å². The third-order valence-electron chi connectivity index (χ3n) is 5.10. The van der Waals surface area contributed by atoms with E-state index in [9.17, 15) is 9.59 Å². The highest BCUT2D eigenvalue weighted by Crippen LogP contribution is 2.12. The van der Waals surface area contributed by atoms with Crippen molar-refractivity contribution >= 4 is 11.9 Å². The van der Waals surface area contributed by atoms with Crippen LogP contribution in [0.2, 0.25) is 0 Å². The zero-order valence-corrected chi connectivity index (χ0v) is 21.5. The topological polar surface area (TPSA) is 52.6 Å². The number of esters is 2. The van der Waals surface area contributed by atoms with Gasteiger partial charge >= 0.3 is 11.9 Å². The monoisotopic (exact) mass is 452 g/mol. The minimum atomic E-state index is -0.499. The van der Waals surface area contributed by atoms with Crippen LogP contribution in [0, 0.1) is 0 Å². The summed E-state index contributed by atoms with van der Waals surface area (Å²) in [5.74, 6) is -0.998. The van der Waals surface area contributed by atoms with E-state index in [-0.39, 0.29) is 0 Å². The van der Waals surface area contributed by atoms with Crippen molar-refractivity contribution < 1.29 is 19.1 Å². The first-order valence-corrected chi connectivity index (χ1v) is 13.2. The number of rotatable bonds is 21. The van der Waals surface area contributed by atoms with Crippen LogP contribution in [-0.2, 0) is 19.1 Å². The van der Waals surface area contributed by atoms with Gasteiger partial charge in [0.2, 0.25) is 0 Å². The maximum atomic E-state index is 11.0. The van der Waals surface area contributed by atoms with Crippen LogP contribution >= 0.6 is 0 Å². The van der Waals surface area contributed by atoms with E-state index in [1.54, 1.807) is 0 Å². The van der Waals surface area contributed by atoms with Crippen LogP contribution < -0.4 is 0 Å². The van der Waals surface area contributed by atoms with E-state index >= 15 is 0 Å². The second kappa shape index (κ2) is 29.4. The molecule has 0 bridgehead atoms. The summed E-state index contributed by atoms with van der Waals surface area (Å²) < 4.78 is 9.65. The predicted molar refractivity (Wildman–Crippen MR) is 137 cm³/mol. The highest BCUT2D eigenvalue weighted by molar-refractivity contribution is 5.91. The molecule has 0 aromatic heterocycles. The van der Waals surface area contributed by atoms with Crippen LogP contribution in [-0.4, -0.2) is 25.2 Å². The van der Waals surface area contributed by atoms with E-state index in [1.165, 1.54) is 83.5 Å². The number of ether oxygens (including phenoxy) is 2. The standard InChI is InChI=1S/C16H32.C12H20O4/c1-3-5-7-9-11-13-15-16-14-12-10-8-6-4-2;1-3-5-9-15-11(13)7-8-12(14)16-10-6-4-2/h3H,1,4-16H2,2H3;7-8H,3-6,9-10H2,1-2H3/b;8-7-. The molecule has 32 heavy (non-hydrogen) atoms. The molecule has 0 atom stereocenters. The molecule has 0 rings (SSSR count). The Kier molecular flexibility index (Phi) is 30.0. The average molecular weight is 453 g/mol. The van der Waals surface area contributed by atoms with Gasteiger partial charge in [0.1, 0.15) is 0 Å². The zero-order valence-electron chi connectivity index (χ0n) is 21.5. The quantitative estimate of drug-likeness (QED) is 0.0758. The molecule has 0 amide bonds. The van der Waals surface area contributed by atoms with Crippen molar-refractivity contribution in [1.29, 1.82) is 0 Å². The van der Waals surface area contributed by atoms with Gasteiger partial charge in [-0.2, -0.15) is 0 Å². The number of allylic oxidation sites excluding steroid dienone is 1. The molecule has 0 aliphatic rings. The van der Waals surface area contributed by atoms with Gasteiger partial charge in [0.25, 0.3) is 0 Å². The van der Waals surface area contributed by atoms with Crippen LogP contribution in [0.5, 0.6) is 0 Å². The second-order valence-electron chi connectivity index (χ2n) is 8.34. The summed E-state index contributed by atoms with van der Waals surface area (Å²) >= 11 is 0. The highest BCUT2D eigenvalue weighted by Gasteiger charge is 2.00. The minimum absolute atomic E-state index is 0.393. The molecule has 0 saturated heterocycles. The van der Waals surface area contributed by atoms with Crippen molar-refractivity contribution in [3.8, 4) is 0 Å². The molecular formula is C28H52O4. The van der Waals surface area contributed by atoms with Gasteiger partial charge in [-0.3, -0.25) is 0 Å². The summed E-state index contributed by atoms with van der Waals surface area (Å²) in [6.45, 7) is 10.8. The maximum absolute atomic E-state index is 11.0. The molecule has 0 saturated carbocycles.